The molecule has 632 valence electrons. The van der Waals surface area contributed by atoms with Crippen LogP contribution in [0.1, 0.15) is 575 Å². The van der Waals surface area contributed by atoms with Crippen LogP contribution >= 0.6 is 7.92 Å². The molecular formula is C96H191O8PSn. The number of carbonyl (C=O) groups is 4. The van der Waals surface area contributed by atoms with Crippen molar-refractivity contribution in [1.82, 2.24) is 0 Å². The van der Waals surface area contributed by atoms with Crippen LogP contribution in [-0.2, 0) is 19.2 Å². The molecule has 0 spiro atoms. The van der Waals surface area contributed by atoms with Gasteiger partial charge >= 0.3 is 23.9 Å². The molecular weight excluding hydrogens is 1430 g/mol. The van der Waals surface area contributed by atoms with Crippen LogP contribution in [0.25, 0.3) is 0 Å². The molecule has 0 saturated heterocycles. The molecule has 0 bridgehead atoms. The average Bonchev–Trinajstić information content (AvgIpc) is 1.15. The number of rotatable bonds is 85. The van der Waals surface area contributed by atoms with Gasteiger partial charge in [0, 0.05) is 23.9 Å². The molecule has 0 fully saturated rings. The number of carbonyl (C=O) groups excluding carboxylic acids is 4. The molecule has 0 aliphatic rings. The predicted molar refractivity (Wildman–Crippen MR) is 466 cm³/mol. The Morgan fingerprint density at radius 3 is 0.330 bits per heavy atom. The van der Waals surface area contributed by atoms with E-state index in [4.69, 9.17) is 0 Å². The molecule has 0 aliphatic heterocycles. The molecule has 106 heavy (non-hydrogen) atoms. The number of carboxylic acid groups (broad SMARTS) is 4. The molecule has 0 atom stereocenters. The normalized spacial score (nSPS) is 10.9. The van der Waals surface area contributed by atoms with Crippen LogP contribution in [0.5, 0.6) is 0 Å². The summed E-state index contributed by atoms with van der Waals surface area (Å²) in [4.78, 5) is 40.9. The van der Waals surface area contributed by atoms with Gasteiger partial charge in [-0.3, -0.25) is 0 Å². The first-order chi connectivity index (χ1) is 51.4. The first-order valence-corrected chi connectivity index (χ1v) is 49.8. The van der Waals surface area contributed by atoms with Crippen LogP contribution in [0.3, 0.4) is 0 Å². The quantitative estimate of drug-likeness (QED) is 0.0330. The van der Waals surface area contributed by atoms with Crippen LogP contribution in [0, 0.1) is 0 Å². The van der Waals surface area contributed by atoms with Gasteiger partial charge in [-0.15, -0.1) is 7.92 Å². The molecule has 0 amide bonds. The molecule has 0 aromatic heterocycles. The van der Waals surface area contributed by atoms with Crippen molar-refractivity contribution in [2.75, 3.05) is 18.5 Å². The Bertz CT molecular complexity index is 1350. The minimum absolute atomic E-state index is 0. The van der Waals surface area contributed by atoms with Gasteiger partial charge in [0.1, 0.15) is 0 Å². The van der Waals surface area contributed by atoms with Crippen molar-refractivity contribution in [3.63, 3.8) is 0 Å². The zero-order chi connectivity index (χ0) is 78.0. The van der Waals surface area contributed by atoms with Gasteiger partial charge in [0.15, 0.2) is 0 Å². The van der Waals surface area contributed by atoms with Crippen LogP contribution in [0.15, 0.2) is 0 Å². The first kappa shape index (κ1) is 116. The Morgan fingerprint density at radius 1 is 0.151 bits per heavy atom. The van der Waals surface area contributed by atoms with Gasteiger partial charge in [-0.1, -0.05) is 504 Å². The Hall–Kier alpha value is -0.891. The van der Waals surface area contributed by atoms with Crippen molar-refractivity contribution in [2.24, 2.45) is 0 Å². The minimum Gasteiger partial charge on any atom is -0.550 e. The van der Waals surface area contributed by atoms with E-state index in [0.717, 1.165) is 51.4 Å². The number of hydrogen-bond acceptors (Lipinski definition) is 8. The van der Waals surface area contributed by atoms with Crippen LogP contribution in [0.2, 0.25) is 0 Å². The molecule has 0 aromatic carbocycles. The summed E-state index contributed by atoms with van der Waals surface area (Å²) in [7, 11) is 0.366. The molecule has 0 unspecified atom stereocenters. The summed E-state index contributed by atoms with van der Waals surface area (Å²) in [6, 6.07) is 0. The summed E-state index contributed by atoms with van der Waals surface area (Å²) in [5.41, 5.74) is 0. The third-order valence-electron chi connectivity index (χ3n) is 21.4. The molecule has 0 N–H and O–H groups in total. The number of carboxylic acids is 4. The maximum Gasteiger partial charge on any atom is 4.00 e. The van der Waals surface area contributed by atoms with E-state index < -0.39 is 23.9 Å². The second kappa shape index (κ2) is 113. The van der Waals surface area contributed by atoms with E-state index in [-0.39, 0.29) is 49.6 Å². The summed E-state index contributed by atoms with van der Waals surface area (Å²) in [6.45, 7) is 16.0. The van der Waals surface area contributed by atoms with E-state index in [1.165, 1.54) is 449 Å². The fraction of sp³-hybridized carbons (Fsp3) is 0.958. The zero-order valence-electron chi connectivity index (χ0n) is 73.3. The van der Waals surface area contributed by atoms with E-state index in [1.54, 1.807) is 18.5 Å². The molecule has 0 aliphatic carbocycles. The number of aliphatic carboxylic acids is 4. The number of unbranched alkanes of at least 4 members (excludes halogenated alkanes) is 71. The smallest absolute Gasteiger partial charge is 0.550 e. The van der Waals surface area contributed by atoms with Gasteiger partial charge in [-0.2, -0.15) is 0 Å². The van der Waals surface area contributed by atoms with Gasteiger partial charge in [-0.05, 0) is 89.1 Å². The van der Waals surface area contributed by atoms with Crippen LogP contribution < -0.4 is 20.4 Å². The summed E-state index contributed by atoms with van der Waals surface area (Å²) in [5, 5.41) is 40.9. The summed E-state index contributed by atoms with van der Waals surface area (Å²) >= 11 is 0. The van der Waals surface area contributed by atoms with Crippen molar-refractivity contribution < 1.29 is 39.6 Å². The Kier molecular flexibility index (Phi) is 123. The van der Waals surface area contributed by atoms with Crippen LogP contribution in [0.4, 0.5) is 0 Å². The molecule has 0 aromatic rings. The van der Waals surface area contributed by atoms with E-state index in [1.807, 2.05) is 0 Å². The van der Waals surface area contributed by atoms with Gasteiger partial charge in [-0.25, -0.2) is 0 Å². The van der Waals surface area contributed by atoms with Gasteiger partial charge < -0.3 is 39.6 Å². The zero-order valence-corrected chi connectivity index (χ0v) is 77.1. The Morgan fingerprint density at radius 2 is 0.236 bits per heavy atom. The van der Waals surface area contributed by atoms with E-state index in [0.29, 0.717) is 7.92 Å². The molecule has 10 heteroatoms. The van der Waals surface area contributed by atoms with E-state index in [2.05, 4.69) is 48.5 Å². The van der Waals surface area contributed by atoms with Gasteiger partial charge in [0.25, 0.3) is 0 Å². The third-order valence-corrected chi connectivity index (χ3v) is 24.3. The van der Waals surface area contributed by atoms with Crippen LogP contribution in [-0.4, -0.2) is 66.3 Å². The summed E-state index contributed by atoms with van der Waals surface area (Å²) in [6.07, 6.45) is 111. The Labute approximate surface area is 684 Å². The molecule has 8 nitrogen and oxygen atoms in total. The standard InChI is InChI=1S/C24H51P.4C18H36O2.Sn/c1-4-7-10-13-16-19-22-25(23-20-17-14-11-8-5-2)24-21-18-15-12-9-6-3;4*1-2-3-4-5-6-7-8-9-10-11-12-13-14-15-16-17-18(19)20;/h4-24H2,1-3H3;4*2-17H2,1H3,(H,19,20);/q;;;;;+4/p-4. The average molecular weight is 1620 g/mol. The number of hydrogen-bond donors (Lipinski definition) is 0. The first-order valence-electron chi connectivity index (χ1n) is 47.9. The maximum absolute atomic E-state index is 10.2. The van der Waals surface area contributed by atoms with Crippen molar-refractivity contribution in [3.05, 3.63) is 0 Å². The topological polar surface area (TPSA) is 161 Å². The fourth-order valence-corrected chi connectivity index (χ4v) is 16.9. The SMILES string of the molecule is CCCCCCCCCCCCCCCCCC(=O)[O-].CCCCCCCCCCCCCCCCCC(=O)[O-].CCCCCCCCCCCCCCCCCC(=O)[O-].CCCCCCCCCCCCCCCCCC(=O)[O-].CCCCCCCCP(CCCCCCCC)CCCCCCCC.[Sn+4]. The molecule has 0 rings (SSSR count). The van der Waals surface area contributed by atoms with E-state index >= 15 is 0 Å². The van der Waals surface area contributed by atoms with Crippen molar-refractivity contribution >= 4 is 55.7 Å². The second-order valence-electron chi connectivity index (χ2n) is 32.4. The Balaban J connectivity index is -0.000000295. The van der Waals surface area contributed by atoms with Crippen molar-refractivity contribution in [1.29, 1.82) is 0 Å². The van der Waals surface area contributed by atoms with Crippen molar-refractivity contribution in [3.8, 4) is 0 Å². The minimum atomic E-state index is -0.903. The van der Waals surface area contributed by atoms with E-state index in [9.17, 15) is 39.6 Å². The van der Waals surface area contributed by atoms with Crippen molar-refractivity contribution in [2.45, 2.75) is 575 Å². The fourth-order valence-electron chi connectivity index (χ4n) is 14.2. The second-order valence-corrected chi connectivity index (χ2v) is 35.1. The largest absolute Gasteiger partial charge is 4.00 e. The predicted octanol–water partition coefficient (Wildman–Crippen LogP) is 29.2. The molecule has 0 heterocycles. The maximum atomic E-state index is 10.2. The molecule has 0 saturated carbocycles. The third kappa shape index (κ3) is 130. The molecule has 0 radical (unpaired) electrons. The van der Waals surface area contributed by atoms with Gasteiger partial charge in [0.2, 0.25) is 0 Å². The monoisotopic (exact) mass is 1620 g/mol. The van der Waals surface area contributed by atoms with Gasteiger partial charge in [0.05, 0.1) is 0 Å². The summed E-state index contributed by atoms with van der Waals surface area (Å²) < 4.78 is 0. The summed E-state index contributed by atoms with van der Waals surface area (Å²) in [5.74, 6) is -3.61.